The van der Waals surface area contributed by atoms with Crippen LogP contribution in [0.5, 0.6) is 0 Å². The van der Waals surface area contributed by atoms with Crippen molar-refractivity contribution in [3.05, 3.63) is 43.3 Å². The summed E-state index contributed by atoms with van der Waals surface area (Å²) in [5.74, 6) is -1.08. The van der Waals surface area contributed by atoms with Gasteiger partial charge in [-0.05, 0) is 12.1 Å². The third-order valence-electron chi connectivity index (χ3n) is 2.25. The number of nitrogens with one attached hydrogen (secondary N) is 1. The minimum atomic E-state index is -1.08. The van der Waals surface area contributed by atoms with Gasteiger partial charge < -0.3 is 10.4 Å². The zero-order valence-corrected chi connectivity index (χ0v) is 12.4. The Labute approximate surface area is 127 Å². The molecule has 1 heterocycles. The lowest BCUT2D eigenvalue weighted by atomic mass is 10.2. The predicted octanol–water partition coefficient (Wildman–Crippen LogP) is 4.41. The van der Waals surface area contributed by atoms with Crippen molar-refractivity contribution in [1.82, 2.24) is 4.98 Å². The molecule has 0 aliphatic heterocycles. The molecule has 19 heavy (non-hydrogen) atoms. The molecule has 0 saturated carbocycles. The number of hydrogen-bond acceptors (Lipinski definition) is 4. The fourth-order valence-electron chi connectivity index (χ4n) is 1.41. The van der Waals surface area contributed by atoms with Crippen LogP contribution >= 0.6 is 46.1 Å². The van der Waals surface area contributed by atoms with Crippen LogP contribution in [0.15, 0.2) is 18.3 Å². The molecule has 0 amide bonds. The molecule has 1 aromatic heterocycles. The Morgan fingerprint density at radius 3 is 2.42 bits per heavy atom. The van der Waals surface area contributed by atoms with E-state index < -0.39 is 5.97 Å². The number of nitrogens with zero attached hydrogens (tertiary/aromatic N) is 1. The lowest BCUT2D eigenvalue weighted by Crippen LogP contribution is -2.02. The molecule has 8 heteroatoms. The molecule has 0 radical (unpaired) electrons. The Morgan fingerprint density at radius 2 is 1.95 bits per heavy atom. The molecule has 4 nitrogen and oxygen atoms in total. The van der Waals surface area contributed by atoms with Crippen molar-refractivity contribution in [3.8, 4) is 0 Å². The average Bonchev–Trinajstić information content (AvgIpc) is 2.73. The van der Waals surface area contributed by atoms with Gasteiger partial charge in [0, 0.05) is 11.1 Å². The third kappa shape index (κ3) is 3.51. The highest BCUT2D eigenvalue weighted by Gasteiger charge is 2.12. The normalized spacial score (nSPS) is 10.5. The number of benzene rings is 1. The largest absolute Gasteiger partial charge is 0.478 e. The second-order valence-electron chi connectivity index (χ2n) is 3.55. The fraction of sp³-hybridized carbons (Fsp3) is 0.0909. The third-order valence-corrected chi connectivity index (χ3v) is 3.96. The molecule has 0 spiro atoms. The first-order valence-electron chi connectivity index (χ1n) is 5.04. The Balaban J connectivity index is 2.18. The summed E-state index contributed by atoms with van der Waals surface area (Å²) in [6, 6.07) is 2.69. The molecule has 0 atom stereocenters. The maximum absolute atomic E-state index is 10.8. The van der Waals surface area contributed by atoms with E-state index in [1.165, 1.54) is 23.5 Å². The zero-order chi connectivity index (χ0) is 14.0. The number of aromatic nitrogens is 1. The van der Waals surface area contributed by atoms with E-state index in [1.54, 1.807) is 6.20 Å². The van der Waals surface area contributed by atoms with Gasteiger partial charge in [-0.3, -0.25) is 0 Å². The van der Waals surface area contributed by atoms with Crippen LogP contribution in [0.2, 0.25) is 14.5 Å². The van der Waals surface area contributed by atoms with Gasteiger partial charge in [-0.2, -0.15) is 0 Å². The van der Waals surface area contributed by atoms with Gasteiger partial charge in [-0.25, -0.2) is 9.78 Å². The summed E-state index contributed by atoms with van der Waals surface area (Å²) in [4.78, 5) is 15.7. The first-order valence-corrected chi connectivity index (χ1v) is 6.99. The van der Waals surface area contributed by atoms with E-state index in [1.807, 2.05) is 0 Å². The van der Waals surface area contributed by atoms with Crippen molar-refractivity contribution in [2.75, 3.05) is 5.32 Å². The number of carboxylic acid groups (broad SMARTS) is 1. The highest BCUT2D eigenvalue weighted by atomic mass is 35.5. The van der Waals surface area contributed by atoms with Gasteiger partial charge in [-0.1, -0.05) is 34.8 Å². The molecular formula is C11H7Cl3N2O2S. The van der Waals surface area contributed by atoms with E-state index in [0.717, 1.165) is 4.88 Å². The summed E-state index contributed by atoms with van der Waals surface area (Å²) in [6.07, 6.45) is 1.65. The summed E-state index contributed by atoms with van der Waals surface area (Å²) >= 11 is 19.1. The summed E-state index contributed by atoms with van der Waals surface area (Å²) in [5, 5.41) is 12.4. The van der Waals surface area contributed by atoms with Crippen molar-refractivity contribution in [3.63, 3.8) is 0 Å². The second kappa shape index (κ2) is 5.96. The highest BCUT2D eigenvalue weighted by molar-refractivity contribution is 7.15. The maximum atomic E-state index is 10.8. The van der Waals surface area contributed by atoms with Gasteiger partial charge in [0.15, 0.2) is 4.47 Å². The van der Waals surface area contributed by atoms with Gasteiger partial charge in [0.1, 0.15) is 0 Å². The minimum absolute atomic E-state index is 0.0429. The van der Waals surface area contributed by atoms with Crippen LogP contribution in [0.1, 0.15) is 15.2 Å². The van der Waals surface area contributed by atoms with Crippen LogP contribution in [0, 0.1) is 0 Å². The molecule has 2 N–H and O–H groups in total. The first-order chi connectivity index (χ1) is 8.97. The van der Waals surface area contributed by atoms with Crippen molar-refractivity contribution in [2.45, 2.75) is 6.54 Å². The van der Waals surface area contributed by atoms with Crippen molar-refractivity contribution < 1.29 is 9.90 Å². The van der Waals surface area contributed by atoms with Gasteiger partial charge >= 0.3 is 5.97 Å². The fourth-order valence-corrected chi connectivity index (χ4v) is 2.94. The van der Waals surface area contributed by atoms with E-state index >= 15 is 0 Å². The SMILES string of the molecule is O=C(O)c1cc(Cl)c(NCc2cnc(Cl)s2)c(Cl)c1. The van der Waals surface area contributed by atoms with Crippen LogP contribution in [-0.2, 0) is 6.54 Å². The highest BCUT2D eigenvalue weighted by Crippen LogP contribution is 2.32. The number of thiazole rings is 1. The lowest BCUT2D eigenvalue weighted by Gasteiger charge is -2.10. The van der Waals surface area contributed by atoms with E-state index in [4.69, 9.17) is 39.9 Å². The smallest absolute Gasteiger partial charge is 0.335 e. The number of halogens is 3. The predicted molar refractivity (Wildman–Crippen MR) is 77.9 cm³/mol. The van der Waals surface area contributed by atoms with E-state index in [-0.39, 0.29) is 15.6 Å². The van der Waals surface area contributed by atoms with E-state index in [0.29, 0.717) is 16.7 Å². The van der Waals surface area contributed by atoms with Crippen molar-refractivity contribution >= 4 is 57.8 Å². The van der Waals surface area contributed by atoms with Gasteiger partial charge in [0.05, 0.1) is 27.8 Å². The summed E-state index contributed by atoms with van der Waals surface area (Å²) in [6.45, 7) is 0.455. The van der Waals surface area contributed by atoms with Gasteiger partial charge in [-0.15, -0.1) is 11.3 Å². The zero-order valence-electron chi connectivity index (χ0n) is 9.28. The first kappa shape index (κ1) is 14.4. The van der Waals surface area contributed by atoms with E-state index in [9.17, 15) is 4.79 Å². The number of rotatable bonds is 4. The molecule has 2 rings (SSSR count). The molecular weight excluding hydrogens is 331 g/mol. The van der Waals surface area contributed by atoms with Crippen LogP contribution in [0.4, 0.5) is 5.69 Å². The molecule has 0 aliphatic rings. The van der Waals surface area contributed by atoms with Crippen LogP contribution in [0.3, 0.4) is 0 Å². The lowest BCUT2D eigenvalue weighted by molar-refractivity contribution is 0.0697. The Bertz CT molecular complexity index is 607. The number of hydrogen-bond donors (Lipinski definition) is 2. The Kier molecular flexibility index (Phi) is 4.52. The average molecular weight is 338 g/mol. The molecule has 0 aliphatic carbocycles. The van der Waals surface area contributed by atoms with Gasteiger partial charge in [0.2, 0.25) is 0 Å². The number of carboxylic acids is 1. The van der Waals surface area contributed by atoms with Crippen molar-refractivity contribution in [1.29, 1.82) is 0 Å². The van der Waals surface area contributed by atoms with E-state index in [2.05, 4.69) is 10.3 Å². The van der Waals surface area contributed by atoms with Crippen LogP contribution < -0.4 is 5.32 Å². The minimum Gasteiger partial charge on any atom is -0.478 e. The Hall–Kier alpha value is -1.01. The summed E-state index contributed by atoms with van der Waals surface area (Å²) < 4.78 is 0.454. The molecule has 0 saturated heterocycles. The van der Waals surface area contributed by atoms with Crippen molar-refractivity contribution in [2.24, 2.45) is 0 Å². The molecule has 0 bridgehead atoms. The Morgan fingerprint density at radius 1 is 1.32 bits per heavy atom. The molecule has 0 unspecified atom stereocenters. The quantitative estimate of drug-likeness (QED) is 0.867. The molecule has 0 fully saturated rings. The monoisotopic (exact) mass is 336 g/mol. The molecule has 2 aromatic rings. The standard InChI is InChI=1S/C11H7Cl3N2O2S/c12-7-1-5(10(17)18)2-8(13)9(7)15-3-6-4-16-11(14)19-6/h1-2,4,15H,3H2,(H,17,18). The maximum Gasteiger partial charge on any atom is 0.335 e. The number of anilines is 1. The van der Waals surface area contributed by atoms with Crippen LogP contribution in [-0.4, -0.2) is 16.1 Å². The van der Waals surface area contributed by atoms with Gasteiger partial charge in [0.25, 0.3) is 0 Å². The number of aromatic carboxylic acids is 1. The second-order valence-corrected chi connectivity index (χ2v) is 6.06. The van der Waals surface area contributed by atoms with Crippen LogP contribution in [0.25, 0.3) is 0 Å². The summed E-state index contributed by atoms with van der Waals surface area (Å²) in [7, 11) is 0. The summed E-state index contributed by atoms with van der Waals surface area (Å²) in [5.41, 5.74) is 0.527. The number of carbonyl (C=O) groups is 1. The molecule has 1 aromatic carbocycles. The molecule has 100 valence electrons. The topological polar surface area (TPSA) is 62.2 Å².